The Hall–Kier alpha value is -2.36. The van der Waals surface area contributed by atoms with Crippen molar-refractivity contribution in [3.8, 4) is 5.88 Å². The molecule has 1 aliphatic heterocycles. The van der Waals surface area contributed by atoms with Crippen LogP contribution in [-0.2, 0) is 21.5 Å². The molecule has 7 nitrogen and oxygen atoms in total. The summed E-state index contributed by atoms with van der Waals surface area (Å²) in [5, 5.41) is 0.872. The maximum atomic E-state index is 13.8. The standard InChI is InChI=1S/C25H33N3O4SSi/c1-18-8-10-20(11-9-18)33(29,30)28-21-6-5-7-23(21)32-25-22(28)16-19-12-13-27(24(19)26-25)17-31-14-15-34(2,3)4/h8-13,16,21,23H,5-7,14-15,17H2,1-4H3. The highest BCUT2D eigenvalue weighted by molar-refractivity contribution is 7.92. The molecule has 0 radical (unpaired) electrons. The van der Waals surface area contributed by atoms with Crippen molar-refractivity contribution in [2.24, 2.45) is 0 Å². The number of ether oxygens (including phenoxy) is 2. The van der Waals surface area contributed by atoms with Gasteiger partial charge in [-0.3, -0.25) is 4.31 Å². The minimum absolute atomic E-state index is 0.186. The van der Waals surface area contributed by atoms with Crippen LogP contribution in [0.4, 0.5) is 5.69 Å². The Labute approximate surface area is 202 Å². The number of anilines is 1. The van der Waals surface area contributed by atoms with Crippen LogP contribution in [0.2, 0.25) is 25.7 Å². The second-order valence-electron chi connectivity index (χ2n) is 10.6. The number of benzene rings is 1. The molecule has 1 aliphatic carbocycles. The number of hydrogen-bond acceptors (Lipinski definition) is 5. The molecule has 1 saturated carbocycles. The van der Waals surface area contributed by atoms with Crippen LogP contribution >= 0.6 is 0 Å². The number of aromatic nitrogens is 2. The van der Waals surface area contributed by atoms with Crippen molar-refractivity contribution >= 4 is 34.8 Å². The van der Waals surface area contributed by atoms with E-state index in [1.54, 1.807) is 16.4 Å². The van der Waals surface area contributed by atoms with E-state index in [2.05, 4.69) is 19.6 Å². The van der Waals surface area contributed by atoms with Gasteiger partial charge in [-0.05, 0) is 56.5 Å². The first-order valence-electron chi connectivity index (χ1n) is 12.0. The van der Waals surface area contributed by atoms with Crippen molar-refractivity contribution in [3.63, 3.8) is 0 Å². The molecule has 3 heterocycles. The normalized spacial score (nSPS) is 20.3. The average Bonchev–Trinajstić information content (AvgIpc) is 3.39. The monoisotopic (exact) mass is 499 g/mol. The first-order valence-corrected chi connectivity index (χ1v) is 17.1. The Kier molecular flexibility index (Phi) is 5.98. The van der Waals surface area contributed by atoms with Crippen molar-refractivity contribution in [3.05, 3.63) is 48.2 Å². The molecule has 0 amide bonds. The maximum Gasteiger partial charge on any atom is 0.264 e. The van der Waals surface area contributed by atoms with Gasteiger partial charge in [0, 0.05) is 26.3 Å². The third kappa shape index (κ3) is 4.36. The predicted octanol–water partition coefficient (Wildman–Crippen LogP) is 5.17. The fourth-order valence-electron chi connectivity index (χ4n) is 4.74. The van der Waals surface area contributed by atoms with Gasteiger partial charge in [-0.25, -0.2) is 8.42 Å². The summed E-state index contributed by atoms with van der Waals surface area (Å²) in [5.74, 6) is 0.383. The molecular weight excluding hydrogens is 466 g/mol. The van der Waals surface area contributed by atoms with E-state index in [0.717, 1.165) is 48.5 Å². The van der Waals surface area contributed by atoms with Gasteiger partial charge in [0.25, 0.3) is 10.0 Å². The molecule has 1 fully saturated rings. The molecule has 0 bridgehead atoms. The third-order valence-electron chi connectivity index (χ3n) is 6.71. The zero-order valence-electron chi connectivity index (χ0n) is 20.3. The van der Waals surface area contributed by atoms with E-state index in [1.165, 1.54) is 0 Å². The molecule has 5 rings (SSSR count). The lowest BCUT2D eigenvalue weighted by molar-refractivity contribution is 0.0897. The Morgan fingerprint density at radius 2 is 1.91 bits per heavy atom. The summed E-state index contributed by atoms with van der Waals surface area (Å²) in [4.78, 5) is 5.09. The molecule has 0 spiro atoms. The number of nitrogens with zero attached hydrogens (tertiary/aromatic N) is 3. The van der Waals surface area contributed by atoms with Gasteiger partial charge >= 0.3 is 0 Å². The molecule has 182 valence electrons. The molecular formula is C25H33N3O4SSi. The van der Waals surface area contributed by atoms with E-state index in [1.807, 2.05) is 42.0 Å². The highest BCUT2D eigenvalue weighted by atomic mass is 32.2. The van der Waals surface area contributed by atoms with Crippen LogP contribution in [0.25, 0.3) is 11.0 Å². The summed E-state index contributed by atoms with van der Waals surface area (Å²) < 4.78 is 43.4. The summed E-state index contributed by atoms with van der Waals surface area (Å²) in [6.45, 7) is 10.1. The van der Waals surface area contributed by atoms with Crippen LogP contribution in [0.15, 0.2) is 47.5 Å². The van der Waals surface area contributed by atoms with Gasteiger partial charge in [0.1, 0.15) is 24.2 Å². The van der Waals surface area contributed by atoms with E-state index in [4.69, 9.17) is 14.5 Å². The van der Waals surface area contributed by atoms with Gasteiger partial charge in [-0.2, -0.15) is 4.98 Å². The zero-order valence-corrected chi connectivity index (χ0v) is 22.1. The number of sulfonamides is 1. The first kappa shape index (κ1) is 23.4. The highest BCUT2D eigenvalue weighted by Gasteiger charge is 2.46. The van der Waals surface area contributed by atoms with Gasteiger partial charge in [0.2, 0.25) is 5.88 Å². The molecule has 1 aromatic carbocycles. The van der Waals surface area contributed by atoms with Crippen molar-refractivity contribution in [1.29, 1.82) is 0 Å². The number of pyridine rings is 1. The maximum absolute atomic E-state index is 13.8. The fourth-order valence-corrected chi connectivity index (χ4v) is 7.19. The van der Waals surface area contributed by atoms with Crippen LogP contribution < -0.4 is 9.04 Å². The van der Waals surface area contributed by atoms with Crippen LogP contribution in [0.3, 0.4) is 0 Å². The number of rotatable bonds is 7. The van der Waals surface area contributed by atoms with Crippen molar-refractivity contribution in [2.45, 2.75) is 75.6 Å². The molecule has 9 heteroatoms. The van der Waals surface area contributed by atoms with Crippen LogP contribution in [0.5, 0.6) is 5.88 Å². The first-order chi connectivity index (χ1) is 16.1. The second-order valence-corrected chi connectivity index (χ2v) is 18.1. The van der Waals surface area contributed by atoms with E-state index < -0.39 is 18.1 Å². The second kappa shape index (κ2) is 8.69. The molecule has 34 heavy (non-hydrogen) atoms. The molecule has 0 N–H and O–H groups in total. The lowest BCUT2D eigenvalue weighted by Gasteiger charge is -2.38. The zero-order chi connectivity index (χ0) is 24.1. The van der Waals surface area contributed by atoms with E-state index >= 15 is 0 Å². The Bertz CT molecular complexity index is 1300. The number of aryl methyl sites for hydroxylation is 1. The lowest BCUT2D eigenvalue weighted by Crippen LogP contribution is -2.49. The van der Waals surface area contributed by atoms with Crippen molar-refractivity contribution in [1.82, 2.24) is 9.55 Å². The summed E-state index contributed by atoms with van der Waals surface area (Å²) >= 11 is 0. The molecule has 2 aliphatic rings. The van der Waals surface area contributed by atoms with E-state index in [-0.39, 0.29) is 12.1 Å². The van der Waals surface area contributed by atoms with Gasteiger partial charge in [0.15, 0.2) is 0 Å². The largest absolute Gasteiger partial charge is 0.471 e. The van der Waals surface area contributed by atoms with Crippen molar-refractivity contribution in [2.75, 3.05) is 10.9 Å². The van der Waals surface area contributed by atoms with Crippen LogP contribution in [-0.4, -0.2) is 44.8 Å². The molecule has 0 saturated heterocycles. The quantitative estimate of drug-likeness (QED) is 0.331. The fraction of sp³-hybridized carbons (Fsp3) is 0.480. The number of hydrogen-bond donors (Lipinski definition) is 0. The van der Waals surface area contributed by atoms with Gasteiger partial charge < -0.3 is 14.0 Å². The molecule has 2 atom stereocenters. The van der Waals surface area contributed by atoms with Gasteiger partial charge in [0.05, 0.1) is 10.9 Å². The number of fused-ring (bicyclic) bond motifs is 3. The lowest BCUT2D eigenvalue weighted by atomic mass is 10.1. The van der Waals surface area contributed by atoms with Crippen LogP contribution in [0, 0.1) is 6.92 Å². The third-order valence-corrected chi connectivity index (χ3v) is 10.3. The molecule has 3 aromatic rings. The van der Waals surface area contributed by atoms with Crippen LogP contribution in [0.1, 0.15) is 24.8 Å². The predicted molar refractivity (Wildman–Crippen MR) is 137 cm³/mol. The summed E-state index contributed by atoms with van der Waals surface area (Å²) in [6, 6.07) is 11.8. The summed E-state index contributed by atoms with van der Waals surface area (Å²) in [7, 11) is -4.91. The summed E-state index contributed by atoms with van der Waals surface area (Å²) in [5.41, 5.74) is 2.29. The van der Waals surface area contributed by atoms with E-state index in [9.17, 15) is 8.42 Å². The summed E-state index contributed by atoms with van der Waals surface area (Å²) in [6.07, 6.45) is 4.29. The topological polar surface area (TPSA) is 73.7 Å². The van der Waals surface area contributed by atoms with E-state index in [0.29, 0.717) is 23.2 Å². The SMILES string of the molecule is Cc1ccc(S(=O)(=O)N2c3cc4ccn(COCC[Si](C)(C)C)c4nc3OC3CCCC32)cc1. The Morgan fingerprint density at radius 1 is 1.15 bits per heavy atom. The minimum Gasteiger partial charge on any atom is -0.471 e. The Morgan fingerprint density at radius 3 is 2.65 bits per heavy atom. The molecule has 2 unspecified atom stereocenters. The van der Waals surface area contributed by atoms with Gasteiger partial charge in [-0.1, -0.05) is 37.3 Å². The smallest absolute Gasteiger partial charge is 0.264 e. The highest BCUT2D eigenvalue weighted by Crippen LogP contribution is 2.45. The van der Waals surface area contributed by atoms with Crippen molar-refractivity contribution < 1.29 is 17.9 Å². The average molecular weight is 500 g/mol. The minimum atomic E-state index is -3.75. The Balaban J connectivity index is 1.50. The van der Waals surface area contributed by atoms with Gasteiger partial charge in [-0.15, -0.1) is 0 Å². The molecule has 2 aromatic heterocycles.